The van der Waals surface area contributed by atoms with Crippen LogP contribution < -0.4 is 0 Å². The summed E-state index contributed by atoms with van der Waals surface area (Å²) >= 11 is 0. The van der Waals surface area contributed by atoms with Crippen LogP contribution in [0, 0.1) is 0 Å². The number of esters is 1. The first-order valence-corrected chi connectivity index (χ1v) is 9.65. The van der Waals surface area contributed by atoms with Crippen molar-refractivity contribution < 1.29 is 14.3 Å². The Hall–Kier alpha value is -2.30. The lowest BCUT2D eigenvalue weighted by Crippen LogP contribution is -2.46. The maximum atomic E-state index is 12.8. The number of H-pyrrole nitrogens is 1. The van der Waals surface area contributed by atoms with Gasteiger partial charge in [-0.15, -0.1) is 0 Å². The van der Waals surface area contributed by atoms with E-state index in [0.29, 0.717) is 6.54 Å². The molecule has 26 heavy (non-hydrogen) atoms. The number of ether oxygens (including phenoxy) is 1. The van der Waals surface area contributed by atoms with E-state index in [0.717, 1.165) is 29.3 Å². The Morgan fingerprint density at radius 1 is 1.23 bits per heavy atom. The van der Waals surface area contributed by atoms with Crippen LogP contribution in [0.3, 0.4) is 0 Å². The van der Waals surface area contributed by atoms with Crippen molar-refractivity contribution in [2.24, 2.45) is 0 Å². The number of amides is 1. The first kappa shape index (κ1) is 18.5. The number of likely N-dealkylation sites (N-methyl/N-ethyl adjacent to an activating group) is 1. The van der Waals surface area contributed by atoms with Gasteiger partial charge in [-0.05, 0) is 38.3 Å². The maximum absolute atomic E-state index is 12.8. The molecule has 1 aliphatic carbocycles. The highest BCUT2D eigenvalue weighted by Crippen LogP contribution is 2.23. The Bertz CT molecular complexity index is 761. The molecule has 0 spiro atoms. The number of carbonyl (C=O) groups excluding carboxylic acids is 2. The van der Waals surface area contributed by atoms with E-state index in [1.54, 1.807) is 6.92 Å². The van der Waals surface area contributed by atoms with Crippen molar-refractivity contribution in [3.05, 3.63) is 36.0 Å². The van der Waals surface area contributed by atoms with E-state index in [2.05, 4.69) is 4.98 Å². The maximum Gasteiger partial charge on any atom is 0.311 e. The first-order valence-electron chi connectivity index (χ1n) is 9.65. The molecule has 0 aliphatic heterocycles. The summed E-state index contributed by atoms with van der Waals surface area (Å²) in [6.07, 6.45) is 6.94. The zero-order chi connectivity index (χ0) is 18.5. The smallest absolute Gasteiger partial charge is 0.311 e. The Labute approximate surface area is 154 Å². The average Bonchev–Trinajstić information content (AvgIpc) is 3.06. The van der Waals surface area contributed by atoms with Crippen LogP contribution in [0.15, 0.2) is 30.5 Å². The number of hydrogen-bond acceptors (Lipinski definition) is 3. The van der Waals surface area contributed by atoms with E-state index in [1.807, 2.05) is 42.3 Å². The van der Waals surface area contributed by atoms with Gasteiger partial charge in [-0.25, -0.2) is 0 Å². The van der Waals surface area contributed by atoms with Crippen molar-refractivity contribution >= 4 is 22.8 Å². The van der Waals surface area contributed by atoms with Gasteiger partial charge in [-0.3, -0.25) is 9.59 Å². The molecule has 2 aromatic rings. The highest BCUT2D eigenvalue weighted by Gasteiger charge is 2.29. The van der Waals surface area contributed by atoms with Crippen molar-refractivity contribution in [1.29, 1.82) is 0 Å². The molecule has 0 radical (unpaired) electrons. The predicted molar refractivity (Wildman–Crippen MR) is 102 cm³/mol. The van der Waals surface area contributed by atoms with Gasteiger partial charge in [-0.2, -0.15) is 0 Å². The molecule has 1 aliphatic rings. The molecule has 1 fully saturated rings. The third-order valence-corrected chi connectivity index (χ3v) is 5.30. The van der Waals surface area contributed by atoms with Crippen LogP contribution in [0.4, 0.5) is 0 Å². The molecule has 1 heterocycles. The highest BCUT2D eigenvalue weighted by atomic mass is 16.5. The number of rotatable bonds is 6. The molecule has 1 aromatic carbocycles. The summed E-state index contributed by atoms with van der Waals surface area (Å²) in [7, 11) is 0. The van der Waals surface area contributed by atoms with Crippen LogP contribution >= 0.6 is 0 Å². The lowest BCUT2D eigenvalue weighted by Gasteiger charge is -2.35. The molecule has 1 amide bonds. The fourth-order valence-corrected chi connectivity index (χ4v) is 3.94. The largest absolute Gasteiger partial charge is 0.452 e. The Kier molecular flexibility index (Phi) is 5.96. The Balaban J connectivity index is 1.60. The zero-order valence-electron chi connectivity index (χ0n) is 15.7. The van der Waals surface area contributed by atoms with Gasteiger partial charge in [0.15, 0.2) is 6.10 Å². The van der Waals surface area contributed by atoms with Gasteiger partial charge >= 0.3 is 5.97 Å². The number of aromatic nitrogens is 1. The highest BCUT2D eigenvalue weighted by molar-refractivity contribution is 5.88. The number of carbonyl (C=O) groups is 2. The predicted octanol–water partition coefficient (Wildman–Crippen LogP) is 3.82. The number of nitrogens with zero attached hydrogens (tertiary/aromatic N) is 1. The summed E-state index contributed by atoms with van der Waals surface area (Å²) in [5.74, 6) is -0.443. The molecule has 1 atom stereocenters. The SMILES string of the molecule is CCN(C(=O)[C@H](C)OC(=O)Cc1c[nH]c2ccccc12)C1CCCCC1. The van der Waals surface area contributed by atoms with E-state index < -0.39 is 6.10 Å². The van der Waals surface area contributed by atoms with E-state index in [-0.39, 0.29) is 24.3 Å². The second-order valence-electron chi connectivity index (χ2n) is 7.08. The normalized spacial score (nSPS) is 16.4. The van der Waals surface area contributed by atoms with Gasteiger partial charge in [0.2, 0.25) is 0 Å². The van der Waals surface area contributed by atoms with Crippen molar-refractivity contribution in [2.45, 2.75) is 64.5 Å². The van der Waals surface area contributed by atoms with Crippen molar-refractivity contribution in [3.8, 4) is 0 Å². The van der Waals surface area contributed by atoms with Crippen LogP contribution in [0.2, 0.25) is 0 Å². The summed E-state index contributed by atoms with van der Waals surface area (Å²) < 4.78 is 5.46. The standard InChI is InChI=1S/C21H28N2O3/c1-3-23(17-9-5-4-6-10-17)21(25)15(2)26-20(24)13-16-14-22-19-12-8-7-11-18(16)19/h7-8,11-12,14-15,17,22H,3-6,9-10,13H2,1-2H3/t15-/m0/s1. The number of para-hydroxylation sites is 1. The second kappa shape index (κ2) is 8.39. The monoisotopic (exact) mass is 356 g/mol. The molecule has 0 saturated heterocycles. The lowest BCUT2D eigenvalue weighted by molar-refractivity contribution is -0.160. The summed E-state index contributed by atoms with van der Waals surface area (Å²) in [6.45, 7) is 4.34. The average molecular weight is 356 g/mol. The molecule has 140 valence electrons. The molecular formula is C21H28N2O3. The number of nitrogens with one attached hydrogen (secondary N) is 1. The van der Waals surface area contributed by atoms with Crippen LogP contribution in [-0.2, 0) is 20.7 Å². The third kappa shape index (κ3) is 4.09. The van der Waals surface area contributed by atoms with Gasteiger partial charge < -0.3 is 14.6 Å². The van der Waals surface area contributed by atoms with E-state index in [4.69, 9.17) is 4.74 Å². The molecule has 5 heteroatoms. The topological polar surface area (TPSA) is 62.4 Å². The van der Waals surface area contributed by atoms with Gasteiger partial charge in [0.05, 0.1) is 6.42 Å². The van der Waals surface area contributed by atoms with Crippen LogP contribution in [0.1, 0.15) is 51.5 Å². The van der Waals surface area contributed by atoms with Crippen LogP contribution in [0.5, 0.6) is 0 Å². The summed E-state index contributed by atoms with van der Waals surface area (Å²) in [4.78, 5) is 30.2. The summed E-state index contributed by atoms with van der Waals surface area (Å²) in [5, 5.41) is 1.01. The molecule has 1 N–H and O–H groups in total. The number of aromatic amines is 1. The van der Waals surface area contributed by atoms with E-state index in [1.165, 1.54) is 19.3 Å². The molecule has 1 aromatic heterocycles. The quantitative estimate of drug-likeness (QED) is 0.800. The Morgan fingerprint density at radius 3 is 2.69 bits per heavy atom. The second-order valence-corrected chi connectivity index (χ2v) is 7.08. The van der Waals surface area contributed by atoms with E-state index >= 15 is 0 Å². The number of benzene rings is 1. The Morgan fingerprint density at radius 2 is 1.96 bits per heavy atom. The van der Waals surface area contributed by atoms with Crippen LogP contribution in [-0.4, -0.2) is 40.5 Å². The van der Waals surface area contributed by atoms with Gasteiger partial charge in [0.25, 0.3) is 5.91 Å². The molecule has 0 bridgehead atoms. The summed E-state index contributed by atoms with van der Waals surface area (Å²) in [6, 6.07) is 8.13. The minimum atomic E-state index is -0.741. The van der Waals surface area contributed by atoms with Gasteiger partial charge in [-0.1, -0.05) is 37.5 Å². The van der Waals surface area contributed by atoms with Gasteiger partial charge in [0, 0.05) is 29.7 Å². The van der Waals surface area contributed by atoms with Crippen molar-refractivity contribution in [3.63, 3.8) is 0 Å². The molecule has 3 rings (SSSR count). The fourth-order valence-electron chi connectivity index (χ4n) is 3.94. The summed E-state index contributed by atoms with van der Waals surface area (Å²) in [5.41, 5.74) is 1.89. The van der Waals surface area contributed by atoms with Crippen molar-refractivity contribution in [1.82, 2.24) is 9.88 Å². The third-order valence-electron chi connectivity index (χ3n) is 5.30. The molecular weight excluding hydrogens is 328 g/mol. The minimum absolute atomic E-state index is 0.0772. The van der Waals surface area contributed by atoms with Gasteiger partial charge in [0.1, 0.15) is 0 Å². The van der Waals surface area contributed by atoms with Crippen LogP contribution in [0.25, 0.3) is 10.9 Å². The van der Waals surface area contributed by atoms with Crippen molar-refractivity contribution in [2.75, 3.05) is 6.54 Å². The molecule has 5 nitrogen and oxygen atoms in total. The molecule has 1 saturated carbocycles. The first-order chi connectivity index (χ1) is 12.6. The fraction of sp³-hybridized carbons (Fsp3) is 0.524. The molecule has 0 unspecified atom stereocenters. The zero-order valence-corrected chi connectivity index (χ0v) is 15.7. The number of hydrogen-bond donors (Lipinski definition) is 1. The lowest BCUT2D eigenvalue weighted by atomic mass is 9.94. The number of fused-ring (bicyclic) bond motifs is 1. The van der Waals surface area contributed by atoms with E-state index in [9.17, 15) is 9.59 Å². The minimum Gasteiger partial charge on any atom is -0.452 e.